The first kappa shape index (κ1) is 28.2. The van der Waals surface area contributed by atoms with Gasteiger partial charge in [-0.1, -0.05) is 38.6 Å². The van der Waals surface area contributed by atoms with Gasteiger partial charge in [0.25, 0.3) is 0 Å². The molecular formula is C25H33N5O4. The van der Waals surface area contributed by atoms with Crippen molar-refractivity contribution in [1.29, 1.82) is 0 Å². The number of benzene rings is 1. The predicted octanol–water partition coefficient (Wildman–Crippen LogP) is 3.02. The standard InChI is InChI=1S/C21H21N5O3.C3H8O.CH4/c1-16(28)13-25(14-18-5-2-3-6-19(18)23-15-27)21(29)11-17-7-8-20(22-12-17)26-10-4-9-24-26;1-2-3-4;/h2-10,12,15H,11,13-14H2,1H3,(H,23,27);4H,2-3H2,1H3;1H4. The summed E-state index contributed by atoms with van der Waals surface area (Å²) in [6, 6.07) is 12.6. The molecule has 3 rings (SSSR count). The Kier molecular flexibility index (Phi) is 12.5. The lowest BCUT2D eigenvalue weighted by molar-refractivity contribution is -0.134. The second-order valence-electron chi connectivity index (χ2n) is 7.25. The fourth-order valence-corrected chi connectivity index (χ4v) is 2.92. The largest absolute Gasteiger partial charge is 0.396 e. The Bertz CT molecular complexity index is 1020. The minimum atomic E-state index is -0.199. The second-order valence-corrected chi connectivity index (χ2v) is 7.25. The van der Waals surface area contributed by atoms with Gasteiger partial charge in [-0.25, -0.2) is 9.67 Å². The zero-order valence-electron chi connectivity index (χ0n) is 18.8. The summed E-state index contributed by atoms with van der Waals surface area (Å²) in [5.41, 5.74) is 2.09. The van der Waals surface area contributed by atoms with E-state index in [4.69, 9.17) is 5.11 Å². The Hall–Kier alpha value is -3.85. The monoisotopic (exact) mass is 467 g/mol. The summed E-state index contributed by atoms with van der Waals surface area (Å²) in [5, 5.41) is 14.6. The zero-order valence-corrected chi connectivity index (χ0v) is 18.8. The molecule has 0 bridgehead atoms. The number of ketones is 1. The molecule has 9 heteroatoms. The van der Waals surface area contributed by atoms with Gasteiger partial charge in [-0.2, -0.15) is 5.10 Å². The van der Waals surface area contributed by atoms with Gasteiger partial charge in [0.2, 0.25) is 12.3 Å². The van der Waals surface area contributed by atoms with Crippen LogP contribution in [0.1, 0.15) is 38.8 Å². The number of amides is 2. The Balaban J connectivity index is 0.00000107. The average molecular weight is 468 g/mol. The zero-order chi connectivity index (χ0) is 24.1. The lowest BCUT2D eigenvalue weighted by Crippen LogP contribution is -2.35. The third-order valence-electron chi connectivity index (χ3n) is 4.49. The number of para-hydroxylation sites is 1. The molecule has 0 radical (unpaired) electrons. The minimum absolute atomic E-state index is 0. The first-order valence-electron chi connectivity index (χ1n) is 10.6. The number of aromatic nitrogens is 3. The Morgan fingerprint density at radius 1 is 1.18 bits per heavy atom. The van der Waals surface area contributed by atoms with Crippen LogP contribution in [0.15, 0.2) is 61.1 Å². The number of aliphatic hydroxyl groups excluding tert-OH is 1. The summed E-state index contributed by atoms with van der Waals surface area (Å²) in [7, 11) is 0. The van der Waals surface area contributed by atoms with E-state index in [0.29, 0.717) is 24.5 Å². The van der Waals surface area contributed by atoms with Gasteiger partial charge in [0.05, 0.1) is 13.0 Å². The molecule has 0 aliphatic rings. The molecule has 0 unspecified atom stereocenters. The highest BCUT2D eigenvalue weighted by Crippen LogP contribution is 2.17. The number of anilines is 1. The number of aliphatic hydroxyl groups is 1. The maximum atomic E-state index is 12.9. The molecule has 0 saturated heterocycles. The third-order valence-corrected chi connectivity index (χ3v) is 4.49. The van der Waals surface area contributed by atoms with E-state index in [1.54, 1.807) is 47.5 Å². The van der Waals surface area contributed by atoms with Gasteiger partial charge in [0, 0.05) is 37.4 Å². The number of hydrogen-bond donors (Lipinski definition) is 2. The van der Waals surface area contributed by atoms with Crippen LogP contribution in [0.2, 0.25) is 0 Å². The first-order chi connectivity index (χ1) is 16.0. The molecule has 0 saturated carbocycles. The maximum absolute atomic E-state index is 12.9. The van der Waals surface area contributed by atoms with Gasteiger partial charge in [0.1, 0.15) is 5.78 Å². The molecule has 0 aliphatic carbocycles. The van der Waals surface area contributed by atoms with E-state index >= 15 is 0 Å². The number of nitrogens with one attached hydrogen (secondary N) is 1. The van der Waals surface area contributed by atoms with Crippen LogP contribution in [-0.4, -0.2) is 56.0 Å². The van der Waals surface area contributed by atoms with Crippen molar-refractivity contribution in [3.05, 3.63) is 72.2 Å². The highest BCUT2D eigenvalue weighted by molar-refractivity contribution is 5.86. The molecule has 0 fully saturated rings. The van der Waals surface area contributed by atoms with Crippen LogP contribution < -0.4 is 5.32 Å². The number of nitrogens with zero attached hydrogens (tertiary/aromatic N) is 4. The molecule has 3 aromatic rings. The molecule has 9 nitrogen and oxygen atoms in total. The van der Waals surface area contributed by atoms with Crippen molar-refractivity contribution in [3.8, 4) is 5.82 Å². The SMILES string of the molecule is C.CC(=O)CN(Cc1ccccc1NC=O)C(=O)Cc1ccc(-n2cccn2)nc1.CCCO. The van der Waals surface area contributed by atoms with Gasteiger partial charge in [-0.05, 0) is 42.7 Å². The first-order valence-corrected chi connectivity index (χ1v) is 10.6. The van der Waals surface area contributed by atoms with Crippen LogP contribution >= 0.6 is 0 Å². The van der Waals surface area contributed by atoms with E-state index in [2.05, 4.69) is 15.4 Å². The highest BCUT2D eigenvalue weighted by Gasteiger charge is 2.18. The topological polar surface area (TPSA) is 117 Å². The Morgan fingerprint density at radius 3 is 2.47 bits per heavy atom. The predicted molar refractivity (Wildman–Crippen MR) is 131 cm³/mol. The lowest BCUT2D eigenvalue weighted by Gasteiger charge is -2.23. The number of rotatable bonds is 10. The van der Waals surface area contributed by atoms with Crippen molar-refractivity contribution >= 4 is 23.8 Å². The summed E-state index contributed by atoms with van der Waals surface area (Å²) < 4.78 is 1.63. The van der Waals surface area contributed by atoms with E-state index in [1.807, 2.05) is 25.1 Å². The van der Waals surface area contributed by atoms with Gasteiger partial charge in [-0.3, -0.25) is 14.4 Å². The van der Waals surface area contributed by atoms with Gasteiger partial charge in [-0.15, -0.1) is 0 Å². The van der Waals surface area contributed by atoms with E-state index in [9.17, 15) is 14.4 Å². The van der Waals surface area contributed by atoms with Gasteiger partial charge < -0.3 is 15.3 Å². The molecule has 2 aromatic heterocycles. The van der Waals surface area contributed by atoms with E-state index in [1.165, 1.54) is 11.8 Å². The molecule has 34 heavy (non-hydrogen) atoms. The van der Waals surface area contributed by atoms with Crippen LogP contribution in [0.5, 0.6) is 0 Å². The van der Waals surface area contributed by atoms with Crippen LogP contribution in [0, 0.1) is 0 Å². The number of carbonyl (C=O) groups is 3. The molecule has 2 heterocycles. The summed E-state index contributed by atoms with van der Waals surface area (Å²) in [6.45, 7) is 3.90. The van der Waals surface area contributed by atoms with Crippen molar-refractivity contribution in [2.24, 2.45) is 0 Å². The Morgan fingerprint density at radius 2 is 1.91 bits per heavy atom. The fourth-order valence-electron chi connectivity index (χ4n) is 2.92. The molecule has 2 amide bonds. The third kappa shape index (κ3) is 8.95. The number of pyridine rings is 1. The number of carbonyl (C=O) groups excluding carboxylic acids is 3. The fraction of sp³-hybridized carbons (Fsp3) is 0.320. The molecule has 0 atom stereocenters. The molecular weight excluding hydrogens is 434 g/mol. The summed E-state index contributed by atoms with van der Waals surface area (Å²) in [4.78, 5) is 41.2. The summed E-state index contributed by atoms with van der Waals surface area (Å²) >= 11 is 0. The van der Waals surface area contributed by atoms with Gasteiger partial charge >= 0.3 is 0 Å². The minimum Gasteiger partial charge on any atom is -0.396 e. The molecule has 0 aliphatic heterocycles. The van der Waals surface area contributed by atoms with Crippen molar-refractivity contribution in [1.82, 2.24) is 19.7 Å². The van der Waals surface area contributed by atoms with Crippen molar-refractivity contribution in [2.75, 3.05) is 18.5 Å². The average Bonchev–Trinajstić information content (AvgIpc) is 3.35. The normalized spacial score (nSPS) is 9.74. The van der Waals surface area contributed by atoms with E-state index in [-0.39, 0.29) is 38.6 Å². The van der Waals surface area contributed by atoms with Crippen LogP contribution in [0.25, 0.3) is 5.82 Å². The Labute approximate surface area is 200 Å². The van der Waals surface area contributed by atoms with E-state index in [0.717, 1.165) is 17.5 Å². The molecule has 0 spiro atoms. The summed E-state index contributed by atoms with van der Waals surface area (Å²) in [6.07, 6.45) is 6.65. The quantitative estimate of drug-likeness (QED) is 0.443. The van der Waals surface area contributed by atoms with Gasteiger partial charge in [0.15, 0.2) is 5.82 Å². The maximum Gasteiger partial charge on any atom is 0.227 e. The van der Waals surface area contributed by atoms with Crippen molar-refractivity contribution in [2.45, 2.75) is 40.7 Å². The molecule has 1 aromatic carbocycles. The lowest BCUT2D eigenvalue weighted by atomic mass is 10.1. The number of hydrogen-bond acceptors (Lipinski definition) is 6. The smallest absolute Gasteiger partial charge is 0.227 e. The number of Topliss-reactive ketones (excluding diaryl/α,β-unsaturated/α-hetero) is 1. The van der Waals surface area contributed by atoms with Crippen molar-refractivity contribution < 1.29 is 19.5 Å². The molecule has 2 N–H and O–H groups in total. The van der Waals surface area contributed by atoms with Crippen LogP contribution in [0.3, 0.4) is 0 Å². The second kappa shape index (κ2) is 15.1. The highest BCUT2D eigenvalue weighted by atomic mass is 16.2. The molecule has 182 valence electrons. The summed E-state index contributed by atoms with van der Waals surface area (Å²) in [5.74, 6) is 0.335. The van der Waals surface area contributed by atoms with Crippen molar-refractivity contribution in [3.63, 3.8) is 0 Å². The van der Waals surface area contributed by atoms with Crippen LogP contribution in [0.4, 0.5) is 5.69 Å². The van der Waals surface area contributed by atoms with E-state index < -0.39 is 0 Å². The van der Waals surface area contributed by atoms with Crippen LogP contribution in [-0.2, 0) is 27.3 Å².